The van der Waals surface area contributed by atoms with Crippen LogP contribution in [-0.2, 0) is 6.18 Å². The highest BCUT2D eigenvalue weighted by molar-refractivity contribution is 5.81. The van der Waals surface area contributed by atoms with Crippen LogP contribution in [0.15, 0.2) is 60.7 Å². The van der Waals surface area contributed by atoms with Crippen LogP contribution in [0.2, 0.25) is 0 Å². The van der Waals surface area contributed by atoms with E-state index in [2.05, 4.69) is 10.1 Å². The molecular weight excluding hydrogens is 367 g/mol. The number of fused-ring (bicyclic) bond motifs is 1. The lowest BCUT2D eigenvalue weighted by molar-refractivity contribution is -0.142. The molecule has 0 unspecified atom stereocenters. The first-order chi connectivity index (χ1) is 13.4. The molecule has 0 bridgehead atoms. The zero-order valence-corrected chi connectivity index (χ0v) is 15.2. The van der Waals surface area contributed by atoms with Crippen molar-refractivity contribution < 1.29 is 17.9 Å². The molecule has 28 heavy (non-hydrogen) atoms. The highest BCUT2D eigenvalue weighted by atomic mass is 19.4. The standard InChI is InChI=1S/C21H16F3N3O/c1-13-19(15-8-10-16(28-2)11-9-15)20-25-17(14-6-4-3-5-7-14)12-18(21(22,23)24)27(20)26-13/h3-12H,1-2H3. The zero-order valence-electron chi connectivity index (χ0n) is 15.2. The average Bonchev–Trinajstić information content (AvgIpc) is 3.02. The van der Waals surface area contributed by atoms with Crippen LogP contribution in [0.25, 0.3) is 28.0 Å². The molecule has 0 N–H and O–H groups in total. The summed E-state index contributed by atoms with van der Waals surface area (Å²) in [6, 6.07) is 16.9. The number of aryl methyl sites for hydroxylation is 1. The molecule has 0 aliphatic carbocycles. The van der Waals surface area contributed by atoms with Crippen LogP contribution in [0.4, 0.5) is 13.2 Å². The maximum Gasteiger partial charge on any atom is 0.433 e. The number of methoxy groups -OCH3 is 1. The third-order valence-electron chi connectivity index (χ3n) is 4.50. The van der Waals surface area contributed by atoms with Crippen molar-refractivity contribution >= 4 is 5.65 Å². The Hall–Kier alpha value is -3.35. The fourth-order valence-electron chi connectivity index (χ4n) is 3.18. The summed E-state index contributed by atoms with van der Waals surface area (Å²) >= 11 is 0. The van der Waals surface area contributed by atoms with Crippen LogP contribution < -0.4 is 4.74 Å². The predicted molar refractivity (Wildman–Crippen MR) is 100 cm³/mol. The lowest BCUT2D eigenvalue weighted by Crippen LogP contribution is -2.13. The number of hydrogen-bond acceptors (Lipinski definition) is 3. The molecule has 0 atom stereocenters. The normalized spacial score (nSPS) is 11.8. The quantitative estimate of drug-likeness (QED) is 0.476. The Morgan fingerprint density at radius 2 is 1.61 bits per heavy atom. The second-order valence-electron chi connectivity index (χ2n) is 6.31. The fraction of sp³-hybridized carbons (Fsp3) is 0.143. The first-order valence-electron chi connectivity index (χ1n) is 8.56. The minimum absolute atomic E-state index is 0.163. The van der Waals surface area contributed by atoms with Gasteiger partial charge in [-0.2, -0.15) is 18.3 Å². The van der Waals surface area contributed by atoms with E-state index in [1.54, 1.807) is 68.6 Å². The molecule has 0 radical (unpaired) electrons. The van der Waals surface area contributed by atoms with Crippen molar-refractivity contribution in [2.24, 2.45) is 0 Å². The van der Waals surface area contributed by atoms with Crippen LogP contribution in [0.1, 0.15) is 11.4 Å². The van der Waals surface area contributed by atoms with Crippen LogP contribution >= 0.6 is 0 Å². The van der Waals surface area contributed by atoms with Gasteiger partial charge in [-0.05, 0) is 30.7 Å². The largest absolute Gasteiger partial charge is 0.497 e. The minimum atomic E-state index is -4.57. The SMILES string of the molecule is COc1ccc(-c2c(C)nn3c(C(F)(F)F)cc(-c4ccccc4)nc23)cc1. The van der Waals surface area contributed by atoms with Crippen LogP contribution in [0.3, 0.4) is 0 Å². The summed E-state index contributed by atoms with van der Waals surface area (Å²) in [5, 5.41) is 4.14. The Kier molecular flexibility index (Phi) is 4.30. The lowest BCUT2D eigenvalue weighted by atomic mass is 10.1. The van der Waals surface area contributed by atoms with Gasteiger partial charge in [0, 0.05) is 11.1 Å². The molecule has 142 valence electrons. The summed E-state index contributed by atoms with van der Waals surface area (Å²) in [7, 11) is 1.55. The monoisotopic (exact) mass is 383 g/mol. The summed E-state index contributed by atoms with van der Waals surface area (Å²) < 4.78 is 47.3. The lowest BCUT2D eigenvalue weighted by Gasteiger charge is -2.11. The van der Waals surface area contributed by atoms with Crippen LogP contribution in [-0.4, -0.2) is 21.7 Å². The molecule has 2 heterocycles. The van der Waals surface area contributed by atoms with Crippen molar-refractivity contribution in [3.63, 3.8) is 0 Å². The van der Waals surface area contributed by atoms with E-state index in [9.17, 15) is 13.2 Å². The van der Waals surface area contributed by atoms with Crippen LogP contribution in [0.5, 0.6) is 5.75 Å². The first-order valence-corrected chi connectivity index (χ1v) is 8.56. The Balaban J connectivity index is 2.02. The molecule has 4 nitrogen and oxygen atoms in total. The van der Waals surface area contributed by atoms with Gasteiger partial charge >= 0.3 is 6.18 Å². The number of halogens is 3. The fourth-order valence-corrected chi connectivity index (χ4v) is 3.18. The average molecular weight is 383 g/mol. The van der Waals surface area contributed by atoms with Gasteiger partial charge in [-0.25, -0.2) is 9.50 Å². The van der Waals surface area contributed by atoms with Gasteiger partial charge in [0.25, 0.3) is 0 Å². The van der Waals surface area contributed by atoms with E-state index >= 15 is 0 Å². The van der Waals surface area contributed by atoms with Crippen molar-refractivity contribution in [1.29, 1.82) is 0 Å². The Morgan fingerprint density at radius 1 is 0.929 bits per heavy atom. The van der Waals surface area contributed by atoms with Gasteiger partial charge in [0.05, 0.1) is 18.5 Å². The number of rotatable bonds is 3. The van der Waals surface area contributed by atoms with Gasteiger partial charge in [0.1, 0.15) is 5.75 Å². The third-order valence-corrected chi connectivity index (χ3v) is 4.50. The van der Waals surface area contributed by atoms with Crippen molar-refractivity contribution in [3.05, 3.63) is 72.1 Å². The minimum Gasteiger partial charge on any atom is -0.497 e. The highest BCUT2D eigenvalue weighted by Gasteiger charge is 2.36. The molecule has 0 amide bonds. The van der Waals surface area contributed by atoms with Gasteiger partial charge in [-0.15, -0.1) is 0 Å². The molecule has 4 rings (SSSR count). The predicted octanol–water partition coefficient (Wildman–Crippen LogP) is 5.40. The van der Waals surface area contributed by atoms with E-state index < -0.39 is 11.9 Å². The van der Waals surface area contributed by atoms with E-state index in [0.29, 0.717) is 22.6 Å². The molecule has 7 heteroatoms. The zero-order chi connectivity index (χ0) is 19.9. The maximum absolute atomic E-state index is 13.8. The van der Waals surface area contributed by atoms with Gasteiger partial charge in [-0.3, -0.25) is 0 Å². The summed E-state index contributed by atoms with van der Waals surface area (Å²) in [4.78, 5) is 4.53. The van der Waals surface area contributed by atoms with Gasteiger partial charge in [0.2, 0.25) is 0 Å². The van der Waals surface area contributed by atoms with Crippen molar-refractivity contribution in [1.82, 2.24) is 14.6 Å². The number of ether oxygens (including phenoxy) is 1. The van der Waals surface area contributed by atoms with E-state index in [-0.39, 0.29) is 11.3 Å². The molecule has 2 aromatic carbocycles. The molecular formula is C21H16F3N3O. The number of benzene rings is 2. The Bertz CT molecular complexity index is 1130. The second-order valence-corrected chi connectivity index (χ2v) is 6.31. The van der Waals surface area contributed by atoms with Crippen molar-refractivity contribution in [3.8, 4) is 28.1 Å². The molecule has 4 aromatic rings. The maximum atomic E-state index is 13.8. The summed E-state index contributed by atoms with van der Waals surface area (Å²) in [6.07, 6.45) is -4.57. The molecule has 0 saturated heterocycles. The topological polar surface area (TPSA) is 39.4 Å². The molecule has 2 aromatic heterocycles. The van der Waals surface area contributed by atoms with E-state index in [0.717, 1.165) is 16.1 Å². The number of hydrogen-bond donors (Lipinski definition) is 0. The van der Waals surface area contributed by atoms with E-state index in [1.807, 2.05) is 0 Å². The van der Waals surface area contributed by atoms with E-state index in [4.69, 9.17) is 4.74 Å². The molecule has 0 saturated carbocycles. The third kappa shape index (κ3) is 3.09. The number of aromatic nitrogens is 3. The van der Waals surface area contributed by atoms with Gasteiger partial charge < -0.3 is 4.74 Å². The smallest absolute Gasteiger partial charge is 0.433 e. The summed E-state index contributed by atoms with van der Waals surface area (Å²) in [6.45, 7) is 1.68. The number of nitrogens with zero attached hydrogens (tertiary/aromatic N) is 3. The van der Waals surface area contributed by atoms with Crippen molar-refractivity contribution in [2.75, 3.05) is 7.11 Å². The molecule has 0 spiro atoms. The Labute approximate surface area is 159 Å². The van der Waals surface area contributed by atoms with Crippen LogP contribution in [0, 0.1) is 6.92 Å². The Morgan fingerprint density at radius 3 is 2.21 bits per heavy atom. The molecule has 0 aliphatic rings. The second kappa shape index (κ2) is 6.67. The highest BCUT2D eigenvalue weighted by Crippen LogP contribution is 2.36. The first kappa shape index (κ1) is 18.0. The van der Waals surface area contributed by atoms with Gasteiger partial charge in [0.15, 0.2) is 11.3 Å². The van der Waals surface area contributed by atoms with Crippen molar-refractivity contribution in [2.45, 2.75) is 13.1 Å². The van der Waals surface area contributed by atoms with Gasteiger partial charge in [-0.1, -0.05) is 42.5 Å². The summed E-state index contributed by atoms with van der Waals surface area (Å²) in [5.74, 6) is 0.659. The summed E-state index contributed by atoms with van der Waals surface area (Å²) in [5.41, 5.74) is 1.90. The molecule has 0 fully saturated rings. The number of alkyl halides is 3. The molecule has 0 aliphatic heterocycles. The van der Waals surface area contributed by atoms with E-state index in [1.165, 1.54) is 0 Å².